The number of piperidine rings is 1. The number of benzene rings is 2. The molecule has 3 fully saturated rings. The van der Waals surface area contributed by atoms with Crippen LogP contribution < -0.4 is 10.2 Å². The number of likely N-dealkylation sites (tertiary alicyclic amines) is 1. The summed E-state index contributed by atoms with van der Waals surface area (Å²) in [5.41, 5.74) is 5.65. The van der Waals surface area contributed by atoms with Crippen LogP contribution in [-0.2, 0) is 0 Å². The predicted molar refractivity (Wildman–Crippen MR) is 199 cm³/mol. The third kappa shape index (κ3) is 15.9. The van der Waals surface area contributed by atoms with Crippen LogP contribution in [0.2, 0.25) is 0 Å². The first kappa shape index (κ1) is 40.2. The third-order valence-corrected chi connectivity index (χ3v) is 9.27. The highest BCUT2D eigenvalue weighted by Crippen LogP contribution is 2.29. The Morgan fingerprint density at radius 2 is 1.20 bits per heavy atom. The predicted octanol–water partition coefficient (Wildman–Crippen LogP) is 11.0. The van der Waals surface area contributed by atoms with Gasteiger partial charge in [0.15, 0.2) is 0 Å². The highest BCUT2D eigenvalue weighted by Gasteiger charge is 2.26. The quantitative estimate of drug-likeness (QED) is 0.286. The van der Waals surface area contributed by atoms with Crippen molar-refractivity contribution in [2.75, 3.05) is 50.7 Å². The molecular weight excluding hydrogens is 534 g/mol. The summed E-state index contributed by atoms with van der Waals surface area (Å²) in [7, 11) is 0. The Bertz CT molecular complexity index is 896. The second-order valence-electron chi connectivity index (χ2n) is 12.8. The van der Waals surface area contributed by atoms with Crippen LogP contribution in [0, 0.1) is 25.7 Å². The zero-order valence-electron chi connectivity index (χ0n) is 30.8. The van der Waals surface area contributed by atoms with Crippen LogP contribution in [0.3, 0.4) is 0 Å². The van der Waals surface area contributed by atoms with Crippen LogP contribution in [0.5, 0.6) is 0 Å². The van der Waals surface area contributed by atoms with E-state index in [-0.39, 0.29) is 0 Å². The summed E-state index contributed by atoms with van der Waals surface area (Å²) in [5.74, 6) is 2.61. The summed E-state index contributed by atoms with van der Waals surface area (Å²) in [6, 6.07) is 18.1. The lowest BCUT2D eigenvalue weighted by molar-refractivity contribution is 0.239. The Morgan fingerprint density at radius 3 is 1.73 bits per heavy atom. The summed E-state index contributed by atoms with van der Waals surface area (Å²) < 4.78 is 0. The lowest BCUT2D eigenvalue weighted by Gasteiger charge is -2.27. The molecule has 2 unspecified atom stereocenters. The van der Waals surface area contributed by atoms with E-state index in [1.807, 2.05) is 27.7 Å². The fourth-order valence-electron chi connectivity index (χ4n) is 6.37. The van der Waals surface area contributed by atoms with Gasteiger partial charge in [0.05, 0.1) is 0 Å². The van der Waals surface area contributed by atoms with Gasteiger partial charge in [-0.1, -0.05) is 135 Å². The molecule has 2 atom stereocenters. The van der Waals surface area contributed by atoms with Crippen molar-refractivity contribution in [3.8, 4) is 0 Å². The molecule has 3 aliphatic rings. The molecule has 1 N–H and O–H groups in total. The normalized spacial score (nSPS) is 19.8. The number of anilines is 1. The number of nitrogens with zero attached hydrogens (tertiary/aromatic N) is 2. The molecule has 3 nitrogen and oxygen atoms in total. The number of unbranched alkanes of at least 4 members (excludes halogenated alkanes) is 4. The van der Waals surface area contributed by atoms with Crippen molar-refractivity contribution >= 4 is 5.69 Å². The molecule has 0 spiro atoms. The first-order chi connectivity index (χ1) is 21.5. The Morgan fingerprint density at radius 1 is 0.636 bits per heavy atom. The first-order valence-corrected chi connectivity index (χ1v) is 18.8. The van der Waals surface area contributed by atoms with Crippen molar-refractivity contribution in [1.82, 2.24) is 10.2 Å². The van der Waals surface area contributed by atoms with Crippen LogP contribution in [-0.4, -0.2) is 50.7 Å². The Kier molecular flexibility index (Phi) is 23.2. The van der Waals surface area contributed by atoms with E-state index in [0.717, 1.165) is 17.8 Å². The van der Waals surface area contributed by atoms with Crippen molar-refractivity contribution in [2.45, 2.75) is 132 Å². The van der Waals surface area contributed by atoms with E-state index in [1.54, 1.807) is 5.56 Å². The van der Waals surface area contributed by atoms with E-state index >= 15 is 0 Å². The molecule has 3 heterocycles. The Balaban J connectivity index is 0.000000341. The fraction of sp³-hybridized carbons (Fsp3) is 0.707. The van der Waals surface area contributed by atoms with Gasteiger partial charge in [0.2, 0.25) is 0 Å². The molecule has 3 saturated heterocycles. The largest absolute Gasteiger partial charge is 0.371 e. The molecule has 0 saturated carbocycles. The van der Waals surface area contributed by atoms with Crippen LogP contribution >= 0.6 is 0 Å². The topological polar surface area (TPSA) is 18.5 Å². The highest BCUT2D eigenvalue weighted by molar-refractivity contribution is 5.48. The molecule has 2 aromatic rings. The zero-order valence-corrected chi connectivity index (χ0v) is 30.8. The van der Waals surface area contributed by atoms with E-state index < -0.39 is 0 Å². The van der Waals surface area contributed by atoms with Gasteiger partial charge in [-0.3, -0.25) is 0 Å². The molecule has 0 aromatic heterocycles. The van der Waals surface area contributed by atoms with E-state index in [1.165, 1.54) is 127 Å². The molecular formula is C41H73N3. The molecule has 2 aromatic carbocycles. The van der Waals surface area contributed by atoms with Crippen LogP contribution in [0.1, 0.15) is 135 Å². The van der Waals surface area contributed by atoms with Gasteiger partial charge in [0.1, 0.15) is 0 Å². The monoisotopic (exact) mass is 608 g/mol. The van der Waals surface area contributed by atoms with Crippen molar-refractivity contribution in [1.29, 1.82) is 0 Å². The van der Waals surface area contributed by atoms with E-state index in [9.17, 15) is 0 Å². The summed E-state index contributed by atoms with van der Waals surface area (Å²) in [6.45, 7) is 27.9. The lowest BCUT2D eigenvalue weighted by Crippen LogP contribution is -2.35. The summed E-state index contributed by atoms with van der Waals surface area (Å²) in [4.78, 5) is 5.20. The molecule has 0 radical (unpaired) electrons. The van der Waals surface area contributed by atoms with Gasteiger partial charge in [-0.05, 0) is 94.6 Å². The molecule has 3 aliphatic heterocycles. The molecule has 3 heteroatoms. The molecule has 44 heavy (non-hydrogen) atoms. The minimum Gasteiger partial charge on any atom is -0.371 e. The average molecular weight is 608 g/mol. The smallest absolute Gasteiger partial charge is 0.0366 e. The standard InChI is InChI=1S/C17H26N2.C13H19N.C7H16.2C2H6/c1-14-2-4-16(5-3-14)17-8-11-19(13-17)12-15-6-9-18-10-7-15;1-3-12-8-9-14(10-12)13-6-4-11(2)5-7-13;1-3-5-7-6-4-2;2*1-2/h2-5,15,17-18H,6-13H2,1H3;4-7,12H,3,8-10H2,1-2H3;3-7H2,1-2H3;2*1-2H3. The number of nitrogens with one attached hydrogen (secondary N) is 1. The first-order valence-electron chi connectivity index (χ1n) is 18.8. The molecule has 0 bridgehead atoms. The lowest BCUT2D eigenvalue weighted by atomic mass is 9.97. The van der Waals surface area contributed by atoms with Gasteiger partial charge in [0.25, 0.3) is 0 Å². The van der Waals surface area contributed by atoms with Crippen LogP contribution in [0.15, 0.2) is 48.5 Å². The minimum atomic E-state index is 0.766. The molecule has 0 aliphatic carbocycles. The number of rotatable bonds is 9. The number of hydrogen-bond donors (Lipinski definition) is 1. The van der Waals surface area contributed by atoms with Gasteiger partial charge in [0, 0.05) is 31.9 Å². The number of hydrogen-bond acceptors (Lipinski definition) is 3. The molecule has 5 rings (SSSR count). The maximum atomic E-state index is 3.46. The van der Waals surface area contributed by atoms with E-state index in [4.69, 9.17) is 0 Å². The van der Waals surface area contributed by atoms with Crippen molar-refractivity contribution < 1.29 is 0 Å². The number of aryl methyl sites for hydroxylation is 2. The summed E-state index contributed by atoms with van der Waals surface area (Å²) >= 11 is 0. The summed E-state index contributed by atoms with van der Waals surface area (Å²) in [6.07, 6.45) is 13.8. The molecule has 0 amide bonds. The van der Waals surface area contributed by atoms with Gasteiger partial charge in [-0.25, -0.2) is 0 Å². The second kappa shape index (κ2) is 25.4. The summed E-state index contributed by atoms with van der Waals surface area (Å²) in [5, 5.41) is 3.46. The van der Waals surface area contributed by atoms with E-state index in [2.05, 4.69) is 98.3 Å². The fourth-order valence-corrected chi connectivity index (χ4v) is 6.37. The maximum Gasteiger partial charge on any atom is 0.0366 e. The maximum absolute atomic E-state index is 3.46. The minimum absolute atomic E-state index is 0.766. The average Bonchev–Trinajstić information content (AvgIpc) is 3.75. The highest BCUT2D eigenvalue weighted by atomic mass is 15.2. The van der Waals surface area contributed by atoms with Gasteiger partial charge in [-0.2, -0.15) is 0 Å². The Labute approximate surface area is 275 Å². The van der Waals surface area contributed by atoms with Gasteiger partial charge < -0.3 is 15.1 Å². The van der Waals surface area contributed by atoms with Crippen molar-refractivity contribution in [3.63, 3.8) is 0 Å². The van der Waals surface area contributed by atoms with Crippen LogP contribution in [0.4, 0.5) is 5.69 Å². The van der Waals surface area contributed by atoms with Gasteiger partial charge in [-0.15, -0.1) is 0 Å². The third-order valence-electron chi connectivity index (χ3n) is 9.27. The van der Waals surface area contributed by atoms with Crippen molar-refractivity contribution in [3.05, 3.63) is 65.2 Å². The van der Waals surface area contributed by atoms with Crippen LogP contribution in [0.25, 0.3) is 0 Å². The van der Waals surface area contributed by atoms with Gasteiger partial charge >= 0.3 is 0 Å². The van der Waals surface area contributed by atoms with E-state index in [0.29, 0.717) is 0 Å². The van der Waals surface area contributed by atoms with Crippen molar-refractivity contribution in [2.24, 2.45) is 11.8 Å². The SMILES string of the molecule is CC.CC.CCC1CCN(c2ccc(C)cc2)C1.CCCCCCC.Cc1ccc(C2CCN(CC3CCNCC3)C2)cc1. The zero-order chi connectivity index (χ0) is 32.6. The Hall–Kier alpha value is -1.84. The molecule has 252 valence electrons. The second-order valence-corrected chi connectivity index (χ2v) is 12.8.